The van der Waals surface area contributed by atoms with Crippen LogP contribution >= 0.6 is 11.3 Å². The number of hydrogen-bond donors (Lipinski definition) is 1. The molecule has 1 heterocycles. The van der Waals surface area contributed by atoms with E-state index in [1.807, 2.05) is 24.4 Å². The van der Waals surface area contributed by atoms with Crippen LogP contribution in [-0.2, 0) is 6.54 Å². The number of nitrogens with zero attached hydrogens (tertiary/aromatic N) is 2. The van der Waals surface area contributed by atoms with Gasteiger partial charge in [-0.1, -0.05) is 0 Å². The standard InChI is InChI=1S/C12H14FN3S/c1-8-12(17-7-15-8)6-16(2)11-4-9(13)3-10(14)5-11/h3-5,7H,6,14H2,1-2H3. The number of aromatic nitrogens is 1. The van der Waals surface area contributed by atoms with Gasteiger partial charge in [0.25, 0.3) is 0 Å². The van der Waals surface area contributed by atoms with E-state index in [2.05, 4.69) is 4.98 Å². The van der Waals surface area contributed by atoms with E-state index >= 15 is 0 Å². The number of halogens is 1. The Morgan fingerprint density at radius 2 is 2.18 bits per heavy atom. The molecule has 0 bridgehead atoms. The number of benzene rings is 1. The van der Waals surface area contributed by atoms with E-state index in [-0.39, 0.29) is 5.82 Å². The van der Waals surface area contributed by atoms with Gasteiger partial charge in [0, 0.05) is 23.3 Å². The SMILES string of the molecule is Cc1ncsc1CN(C)c1cc(N)cc(F)c1. The molecule has 2 rings (SSSR count). The maximum absolute atomic E-state index is 13.2. The fraction of sp³-hybridized carbons (Fsp3) is 0.250. The van der Waals surface area contributed by atoms with Crippen molar-refractivity contribution in [1.29, 1.82) is 0 Å². The first-order valence-electron chi connectivity index (χ1n) is 5.22. The molecule has 1 aromatic carbocycles. The molecular weight excluding hydrogens is 237 g/mol. The van der Waals surface area contributed by atoms with E-state index in [0.29, 0.717) is 12.2 Å². The highest BCUT2D eigenvalue weighted by Gasteiger charge is 2.08. The van der Waals surface area contributed by atoms with Gasteiger partial charge in [-0.3, -0.25) is 0 Å². The molecule has 17 heavy (non-hydrogen) atoms. The summed E-state index contributed by atoms with van der Waals surface area (Å²) in [7, 11) is 1.91. The molecule has 0 saturated carbocycles. The molecule has 0 saturated heterocycles. The molecule has 0 fully saturated rings. The normalized spacial score (nSPS) is 10.5. The zero-order valence-corrected chi connectivity index (χ0v) is 10.6. The van der Waals surface area contributed by atoms with Gasteiger partial charge in [-0.15, -0.1) is 11.3 Å². The summed E-state index contributed by atoms with van der Waals surface area (Å²) in [5.74, 6) is -0.312. The van der Waals surface area contributed by atoms with Crippen molar-refractivity contribution < 1.29 is 4.39 Å². The lowest BCUT2D eigenvalue weighted by atomic mass is 10.2. The van der Waals surface area contributed by atoms with Gasteiger partial charge in [-0.05, 0) is 25.1 Å². The molecular formula is C12H14FN3S. The lowest BCUT2D eigenvalue weighted by Gasteiger charge is -2.19. The molecule has 0 atom stereocenters. The number of hydrogen-bond acceptors (Lipinski definition) is 4. The predicted octanol–water partition coefficient (Wildman–Crippen LogP) is 2.81. The number of aryl methyl sites for hydroxylation is 1. The zero-order chi connectivity index (χ0) is 12.4. The van der Waals surface area contributed by atoms with Crippen molar-refractivity contribution >= 4 is 22.7 Å². The molecule has 0 aliphatic carbocycles. The van der Waals surface area contributed by atoms with Crippen LogP contribution in [0.1, 0.15) is 10.6 Å². The van der Waals surface area contributed by atoms with Crippen molar-refractivity contribution in [2.45, 2.75) is 13.5 Å². The van der Waals surface area contributed by atoms with Crippen molar-refractivity contribution in [3.05, 3.63) is 40.1 Å². The Morgan fingerprint density at radius 3 is 2.76 bits per heavy atom. The molecule has 2 N–H and O–H groups in total. The first-order valence-corrected chi connectivity index (χ1v) is 6.10. The smallest absolute Gasteiger partial charge is 0.127 e. The van der Waals surface area contributed by atoms with Crippen LogP contribution in [0.25, 0.3) is 0 Å². The Morgan fingerprint density at radius 1 is 1.41 bits per heavy atom. The van der Waals surface area contributed by atoms with Crippen molar-refractivity contribution in [3.8, 4) is 0 Å². The van der Waals surface area contributed by atoms with Crippen molar-refractivity contribution in [2.75, 3.05) is 17.7 Å². The highest BCUT2D eigenvalue weighted by molar-refractivity contribution is 7.09. The molecule has 5 heteroatoms. The second-order valence-corrected chi connectivity index (χ2v) is 4.90. The van der Waals surface area contributed by atoms with Gasteiger partial charge in [0.1, 0.15) is 5.82 Å². The summed E-state index contributed by atoms with van der Waals surface area (Å²) >= 11 is 1.60. The number of anilines is 2. The number of nitrogen functional groups attached to an aromatic ring is 1. The van der Waals surface area contributed by atoms with E-state index < -0.39 is 0 Å². The Kier molecular flexibility index (Phi) is 3.28. The second-order valence-electron chi connectivity index (χ2n) is 3.96. The Bertz CT molecular complexity index is 504. The Labute approximate surface area is 104 Å². The topological polar surface area (TPSA) is 42.2 Å². The van der Waals surface area contributed by atoms with Crippen LogP contribution in [0.5, 0.6) is 0 Å². The minimum atomic E-state index is -0.312. The molecule has 0 unspecified atom stereocenters. The third-order valence-corrected chi connectivity index (χ3v) is 3.49. The first kappa shape index (κ1) is 11.9. The monoisotopic (exact) mass is 251 g/mol. The number of nitrogens with two attached hydrogens (primary N) is 1. The average Bonchev–Trinajstić information content (AvgIpc) is 2.63. The lowest BCUT2D eigenvalue weighted by molar-refractivity contribution is 0.628. The van der Waals surface area contributed by atoms with Gasteiger partial charge in [0.05, 0.1) is 17.7 Å². The van der Waals surface area contributed by atoms with Gasteiger partial charge < -0.3 is 10.6 Å². The fourth-order valence-corrected chi connectivity index (χ4v) is 2.43. The largest absolute Gasteiger partial charge is 0.399 e. The van der Waals surface area contributed by atoms with Crippen molar-refractivity contribution in [1.82, 2.24) is 4.98 Å². The Hall–Kier alpha value is -1.62. The third kappa shape index (κ3) is 2.74. The molecule has 0 amide bonds. The van der Waals surface area contributed by atoms with Crippen LogP contribution in [0.2, 0.25) is 0 Å². The second kappa shape index (κ2) is 4.71. The average molecular weight is 251 g/mol. The van der Waals surface area contributed by atoms with Crippen LogP contribution in [-0.4, -0.2) is 12.0 Å². The minimum Gasteiger partial charge on any atom is -0.399 e. The first-order chi connectivity index (χ1) is 8.06. The third-order valence-electron chi connectivity index (χ3n) is 2.57. The van der Waals surface area contributed by atoms with Crippen LogP contribution in [0, 0.1) is 12.7 Å². The lowest BCUT2D eigenvalue weighted by Crippen LogP contribution is -2.16. The van der Waals surface area contributed by atoms with E-state index in [1.54, 1.807) is 17.4 Å². The summed E-state index contributed by atoms with van der Waals surface area (Å²) in [5, 5.41) is 0. The molecule has 0 spiro atoms. The van der Waals surface area contributed by atoms with Crippen molar-refractivity contribution in [2.24, 2.45) is 0 Å². The minimum absolute atomic E-state index is 0.312. The summed E-state index contributed by atoms with van der Waals surface area (Å²) in [4.78, 5) is 7.33. The van der Waals surface area contributed by atoms with Crippen LogP contribution in [0.4, 0.5) is 15.8 Å². The van der Waals surface area contributed by atoms with Crippen LogP contribution in [0.3, 0.4) is 0 Å². The number of rotatable bonds is 3. The summed E-state index contributed by atoms with van der Waals surface area (Å²) in [6.07, 6.45) is 0. The molecule has 0 aliphatic heterocycles. The summed E-state index contributed by atoms with van der Waals surface area (Å²) in [6, 6.07) is 4.56. The van der Waals surface area contributed by atoms with E-state index in [0.717, 1.165) is 11.4 Å². The van der Waals surface area contributed by atoms with Gasteiger partial charge in [0.2, 0.25) is 0 Å². The molecule has 0 radical (unpaired) electrons. The van der Waals surface area contributed by atoms with E-state index in [4.69, 9.17) is 5.73 Å². The zero-order valence-electron chi connectivity index (χ0n) is 9.77. The fourth-order valence-electron chi connectivity index (χ4n) is 1.60. The molecule has 1 aromatic heterocycles. The van der Waals surface area contributed by atoms with Crippen molar-refractivity contribution in [3.63, 3.8) is 0 Å². The van der Waals surface area contributed by atoms with Gasteiger partial charge >= 0.3 is 0 Å². The highest BCUT2D eigenvalue weighted by atomic mass is 32.1. The maximum Gasteiger partial charge on any atom is 0.127 e. The summed E-state index contributed by atoms with van der Waals surface area (Å²) in [5.41, 5.74) is 9.67. The maximum atomic E-state index is 13.2. The summed E-state index contributed by atoms with van der Waals surface area (Å²) in [6.45, 7) is 2.68. The Balaban J connectivity index is 2.20. The summed E-state index contributed by atoms with van der Waals surface area (Å²) < 4.78 is 13.2. The van der Waals surface area contributed by atoms with Gasteiger partial charge in [-0.2, -0.15) is 0 Å². The van der Waals surface area contributed by atoms with E-state index in [1.165, 1.54) is 17.0 Å². The molecule has 3 nitrogen and oxygen atoms in total. The van der Waals surface area contributed by atoms with Crippen LogP contribution in [0.15, 0.2) is 23.7 Å². The van der Waals surface area contributed by atoms with Crippen LogP contribution < -0.4 is 10.6 Å². The predicted molar refractivity (Wildman–Crippen MR) is 69.8 cm³/mol. The molecule has 0 aliphatic rings. The quantitative estimate of drug-likeness (QED) is 0.853. The van der Waals surface area contributed by atoms with Gasteiger partial charge in [0.15, 0.2) is 0 Å². The number of thiazole rings is 1. The molecule has 90 valence electrons. The van der Waals surface area contributed by atoms with Gasteiger partial charge in [-0.25, -0.2) is 9.37 Å². The molecule has 2 aromatic rings. The van der Waals surface area contributed by atoms with E-state index in [9.17, 15) is 4.39 Å². The highest BCUT2D eigenvalue weighted by Crippen LogP contribution is 2.22.